The molecule has 35 heavy (non-hydrogen) atoms. The van der Waals surface area contributed by atoms with Crippen LogP contribution in [0.25, 0.3) is 0 Å². The van der Waals surface area contributed by atoms with Crippen molar-refractivity contribution >= 4 is 50.7 Å². The fourth-order valence-corrected chi connectivity index (χ4v) is 4.83. The zero-order valence-corrected chi connectivity index (χ0v) is 22.3. The molecule has 192 valence electrons. The Morgan fingerprint density at radius 3 is 2.37 bits per heavy atom. The lowest BCUT2D eigenvalue weighted by Gasteiger charge is -2.29. The Morgan fingerprint density at radius 2 is 1.77 bits per heavy atom. The molecule has 0 unspecified atom stereocenters. The minimum absolute atomic E-state index is 0.00850. The molecule has 0 spiro atoms. The van der Waals surface area contributed by atoms with Crippen molar-refractivity contribution in [1.29, 1.82) is 0 Å². The van der Waals surface area contributed by atoms with E-state index in [0.29, 0.717) is 17.1 Å². The number of hydrogen-bond acceptors (Lipinski definition) is 4. The minimum atomic E-state index is -3.70. The molecule has 2 rings (SSSR count). The van der Waals surface area contributed by atoms with Crippen molar-refractivity contribution in [1.82, 2.24) is 10.2 Å². The Hall–Kier alpha value is -2.36. The monoisotopic (exact) mass is 545 g/mol. The zero-order chi connectivity index (χ0) is 26.2. The SMILES string of the molecule is CCCNC(=O)[C@H](C)N(Cc1ccc(F)cc1)C(=O)CCCN(c1cc(Cl)ccc1Cl)S(C)(=O)=O. The van der Waals surface area contributed by atoms with Gasteiger partial charge in [0.05, 0.1) is 17.0 Å². The Morgan fingerprint density at radius 1 is 1.11 bits per heavy atom. The van der Waals surface area contributed by atoms with E-state index in [2.05, 4.69) is 5.32 Å². The van der Waals surface area contributed by atoms with Crippen LogP contribution in [-0.2, 0) is 26.2 Å². The van der Waals surface area contributed by atoms with Crippen molar-refractivity contribution in [3.05, 3.63) is 63.9 Å². The Bertz CT molecular complexity index is 1130. The first-order valence-electron chi connectivity index (χ1n) is 11.2. The number of amides is 2. The van der Waals surface area contributed by atoms with Crippen molar-refractivity contribution in [3.63, 3.8) is 0 Å². The van der Waals surface area contributed by atoms with Gasteiger partial charge in [-0.15, -0.1) is 0 Å². The Labute approximate surface area is 216 Å². The summed E-state index contributed by atoms with van der Waals surface area (Å²) in [6, 6.07) is 9.43. The summed E-state index contributed by atoms with van der Waals surface area (Å²) < 4.78 is 39.3. The molecule has 0 aliphatic heterocycles. The maximum Gasteiger partial charge on any atom is 0.242 e. The van der Waals surface area contributed by atoms with Crippen LogP contribution in [0, 0.1) is 5.82 Å². The lowest BCUT2D eigenvalue weighted by Crippen LogP contribution is -2.47. The first-order valence-corrected chi connectivity index (χ1v) is 13.8. The van der Waals surface area contributed by atoms with Crippen LogP contribution in [-0.4, -0.2) is 50.5 Å². The fourth-order valence-electron chi connectivity index (χ4n) is 3.42. The lowest BCUT2D eigenvalue weighted by molar-refractivity contribution is -0.140. The van der Waals surface area contributed by atoms with E-state index in [1.54, 1.807) is 25.1 Å². The molecule has 0 saturated heterocycles. The topological polar surface area (TPSA) is 86.8 Å². The molecule has 1 N–H and O–H groups in total. The highest BCUT2D eigenvalue weighted by Gasteiger charge is 2.27. The molecule has 2 aromatic carbocycles. The maximum absolute atomic E-state index is 13.3. The smallest absolute Gasteiger partial charge is 0.242 e. The van der Waals surface area contributed by atoms with Crippen LogP contribution < -0.4 is 9.62 Å². The van der Waals surface area contributed by atoms with E-state index in [1.807, 2.05) is 6.92 Å². The molecular formula is C24H30Cl2FN3O4S. The summed E-state index contributed by atoms with van der Waals surface area (Å²) in [6.07, 6.45) is 1.96. The third-order valence-corrected chi connectivity index (χ3v) is 7.05. The largest absolute Gasteiger partial charge is 0.354 e. The van der Waals surface area contributed by atoms with Gasteiger partial charge in [-0.1, -0.05) is 42.3 Å². The van der Waals surface area contributed by atoms with Gasteiger partial charge >= 0.3 is 0 Å². The first kappa shape index (κ1) is 28.9. The van der Waals surface area contributed by atoms with E-state index >= 15 is 0 Å². The van der Waals surface area contributed by atoms with E-state index in [1.165, 1.54) is 29.2 Å². The van der Waals surface area contributed by atoms with Crippen molar-refractivity contribution in [2.24, 2.45) is 0 Å². The van der Waals surface area contributed by atoms with Gasteiger partial charge in [0.1, 0.15) is 11.9 Å². The van der Waals surface area contributed by atoms with Gasteiger partial charge in [0.2, 0.25) is 21.8 Å². The van der Waals surface area contributed by atoms with Gasteiger partial charge < -0.3 is 10.2 Å². The van der Waals surface area contributed by atoms with Gasteiger partial charge in [-0.3, -0.25) is 13.9 Å². The number of sulfonamides is 1. The lowest BCUT2D eigenvalue weighted by atomic mass is 10.1. The van der Waals surface area contributed by atoms with E-state index in [9.17, 15) is 22.4 Å². The number of carbonyl (C=O) groups excluding carboxylic acids is 2. The van der Waals surface area contributed by atoms with Gasteiger partial charge in [-0.25, -0.2) is 12.8 Å². The number of anilines is 1. The van der Waals surface area contributed by atoms with Crippen LogP contribution in [0.3, 0.4) is 0 Å². The second kappa shape index (κ2) is 13.1. The van der Waals surface area contributed by atoms with Gasteiger partial charge in [0.25, 0.3) is 0 Å². The number of carbonyl (C=O) groups is 2. The Kier molecular flexibility index (Phi) is 10.8. The van der Waals surface area contributed by atoms with Crippen molar-refractivity contribution in [3.8, 4) is 0 Å². The third kappa shape index (κ3) is 8.66. The van der Waals surface area contributed by atoms with E-state index in [4.69, 9.17) is 23.2 Å². The molecule has 0 aliphatic rings. The van der Waals surface area contributed by atoms with Crippen LogP contribution in [0.4, 0.5) is 10.1 Å². The molecule has 2 amide bonds. The van der Waals surface area contributed by atoms with Crippen LogP contribution in [0.5, 0.6) is 0 Å². The molecule has 0 aromatic heterocycles. The van der Waals surface area contributed by atoms with Crippen molar-refractivity contribution in [2.75, 3.05) is 23.7 Å². The molecule has 0 heterocycles. The highest BCUT2D eigenvalue weighted by molar-refractivity contribution is 7.92. The second-order valence-electron chi connectivity index (χ2n) is 8.15. The maximum atomic E-state index is 13.3. The van der Waals surface area contributed by atoms with Crippen LogP contribution >= 0.6 is 23.2 Å². The van der Waals surface area contributed by atoms with E-state index < -0.39 is 21.9 Å². The van der Waals surface area contributed by atoms with Crippen molar-refractivity contribution in [2.45, 2.75) is 45.7 Å². The van der Waals surface area contributed by atoms with Gasteiger partial charge in [0, 0.05) is 31.1 Å². The molecular weight excluding hydrogens is 516 g/mol. The Balaban J connectivity index is 2.18. The summed E-state index contributed by atoms with van der Waals surface area (Å²) in [4.78, 5) is 27.2. The van der Waals surface area contributed by atoms with Gasteiger partial charge in [-0.05, 0) is 55.7 Å². The number of nitrogens with zero attached hydrogens (tertiary/aromatic N) is 2. The van der Waals surface area contributed by atoms with E-state index in [0.717, 1.165) is 17.0 Å². The van der Waals surface area contributed by atoms with Crippen LogP contribution in [0.2, 0.25) is 10.0 Å². The highest BCUT2D eigenvalue weighted by atomic mass is 35.5. The standard InChI is InChI=1S/C24H30Cl2FN3O4S/c1-4-13-28-24(32)17(2)29(16-18-7-10-20(27)11-8-18)23(31)6-5-14-30(35(3,33)34)22-15-19(25)9-12-21(22)26/h7-12,15,17H,4-6,13-14,16H2,1-3H3,(H,28,32)/t17-/m0/s1. The quantitative estimate of drug-likeness (QED) is 0.421. The molecule has 0 saturated carbocycles. The predicted molar refractivity (Wildman–Crippen MR) is 138 cm³/mol. The van der Waals surface area contributed by atoms with Crippen molar-refractivity contribution < 1.29 is 22.4 Å². The average molecular weight is 546 g/mol. The van der Waals surface area contributed by atoms with Crippen LogP contribution in [0.1, 0.15) is 38.7 Å². The molecule has 2 aromatic rings. The number of benzene rings is 2. The van der Waals surface area contributed by atoms with Crippen LogP contribution in [0.15, 0.2) is 42.5 Å². The number of halogens is 3. The molecule has 11 heteroatoms. The molecule has 0 bridgehead atoms. The second-order valence-corrected chi connectivity index (χ2v) is 10.9. The molecule has 0 aliphatic carbocycles. The average Bonchev–Trinajstić information content (AvgIpc) is 2.80. The molecule has 0 radical (unpaired) electrons. The normalized spacial score (nSPS) is 12.2. The van der Waals surface area contributed by atoms with E-state index in [-0.39, 0.29) is 48.5 Å². The fraction of sp³-hybridized carbons (Fsp3) is 0.417. The molecule has 0 fully saturated rings. The zero-order valence-electron chi connectivity index (χ0n) is 19.9. The summed E-state index contributed by atoms with van der Waals surface area (Å²) in [5.41, 5.74) is 0.892. The summed E-state index contributed by atoms with van der Waals surface area (Å²) in [7, 11) is -3.70. The number of nitrogens with one attached hydrogen (secondary N) is 1. The number of hydrogen-bond donors (Lipinski definition) is 1. The third-order valence-electron chi connectivity index (χ3n) is 5.31. The number of rotatable bonds is 12. The predicted octanol–water partition coefficient (Wildman–Crippen LogP) is 4.62. The summed E-state index contributed by atoms with van der Waals surface area (Å²) in [6.45, 7) is 4.12. The van der Waals surface area contributed by atoms with Gasteiger partial charge in [-0.2, -0.15) is 0 Å². The molecule has 1 atom stereocenters. The minimum Gasteiger partial charge on any atom is -0.354 e. The summed E-state index contributed by atoms with van der Waals surface area (Å²) >= 11 is 12.2. The van der Waals surface area contributed by atoms with Gasteiger partial charge in [0.15, 0.2) is 0 Å². The summed E-state index contributed by atoms with van der Waals surface area (Å²) in [5, 5.41) is 3.32. The highest BCUT2D eigenvalue weighted by Crippen LogP contribution is 2.31. The molecule has 7 nitrogen and oxygen atoms in total. The summed E-state index contributed by atoms with van der Waals surface area (Å²) in [5.74, 6) is -1.04. The first-order chi connectivity index (χ1) is 16.4.